The summed E-state index contributed by atoms with van der Waals surface area (Å²) in [5, 5.41) is 5.47. The number of nitrogens with zero attached hydrogens (tertiary/aromatic N) is 1. The van der Waals surface area contributed by atoms with Gasteiger partial charge >= 0.3 is 0 Å². The van der Waals surface area contributed by atoms with Crippen molar-refractivity contribution in [2.24, 2.45) is 5.92 Å². The Labute approximate surface area is 142 Å². The van der Waals surface area contributed by atoms with Crippen molar-refractivity contribution in [2.75, 3.05) is 19.6 Å². The fourth-order valence-corrected chi connectivity index (χ4v) is 3.26. The van der Waals surface area contributed by atoms with Crippen molar-refractivity contribution in [2.45, 2.75) is 33.2 Å². The lowest BCUT2D eigenvalue weighted by molar-refractivity contribution is -0.129. The predicted octanol–water partition coefficient (Wildman–Crippen LogP) is 1.16. The fourth-order valence-electron chi connectivity index (χ4n) is 3.26. The maximum atomic E-state index is 12.6. The van der Waals surface area contributed by atoms with Gasteiger partial charge in [0.25, 0.3) is 0 Å². The Bertz CT molecular complexity index is 630. The molecule has 0 bridgehead atoms. The van der Waals surface area contributed by atoms with Crippen LogP contribution in [0.15, 0.2) is 24.3 Å². The number of hydrogen-bond acceptors (Lipinski definition) is 3. The minimum Gasteiger partial charge on any atom is -0.355 e. The molecule has 1 fully saturated rings. The molecule has 1 aromatic rings. The maximum absolute atomic E-state index is 12.6. The highest BCUT2D eigenvalue weighted by atomic mass is 16.2. The molecule has 2 rings (SSSR count). The molecule has 1 saturated heterocycles. The van der Waals surface area contributed by atoms with E-state index in [1.807, 2.05) is 38.1 Å². The second-order valence-corrected chi connectivity index (χ2v) is 6.07. The summed E-state index contributed by atoms with van der Waals surface area (Å²) in [6.07, 6.45) is 0.221. The van der Waals surface area contributed by atoms with Crippen molar-refractivity contribution >= 4 is 17.7 Å². The molecule has 2 atom stereocenters. The van der Waals surface area contributed by atoms with E-state index in [1.54, 1.807) is 4.90 Å². The van der Waals surface area contributed by atoms with Gasteiger partial charge in [-0.2, -0.15) is 0 Å². The van der Waals surface area contributed by atoms with E-state index >= 15 is 0 Å². The number of amides is 3. The van der Waals surface area contributed by atoms with Gasteiger partial charge in [0.05, 0.1) is 12.0 Å². The standard InChI is InChI=1S/C18H25N3O3/c1-4-21-16(23)11-15(18(24)20-10-9-19-13(3)22)17(21)14-8-6-5-7-12(14)2/h5-8,15,17H,4,9-11H2,1-3H3,(H,19,22)(H,20,24)/t15-,17+/m1/s1. The molecule has 1 aromatic carbocycles. The van der Waals surface area contributed by atoms with Gasteiger partial charge in [0.2, 0.25) is 17.7 Å². The summed E-state index contributed by atoms with van der Waals surface area (Å²) in [7, 11) is 0. The number of aryl methyl sites for hydroxylation is 1. The number of hydrogen-bond donors (Lipinski definition) is 2. The van der Waals surface area contributed by atoms with Crippen LogP contribution in [0.25, 0.3) is 0 Å². The summed E-state index contributed by atoms with van der Waals surface area (Å²) in [4.78, 5) is 37.6. The Morgan fingerprint density at radius 3 is 2.50 bits per heavy atom. The van der Waals surface area contributed by atoms with E-state index in [4.69, 9.17) is 0 Å². The van der Waals surface area contributed by atoms with E-state index in [1.165, 1.54) is 6.92 Å². The number of nitrogens with one attached hydrogen (secondary N) is 2. The van der Waals surface area contributed by atoms with Crippen LogP contribution < -0.4 is 10.6 Å². The number of likely N-dealkylation sites (tertiary alicyclic amines) is 1. The zero-order chi connectivity index (χ0) is 17.7. The lowest BCUT2D eigenvalue weighted by atomic mass is 9.90. The Morgan fingerprint density at radius 1 is 1.21 bits per heavy atom. The highest BCUT2D eigenvalue weighted by Gasteiger charge is 2.44. The average molecular weight is 331 g/mol. The molecule has 1 aliphatic heterocycles. The van der Waals surface area contributed by atoms with E-state index in [0.717, 1.165) is 11.1 Å². The Kier molecular flexibility index (Phi) is 5.95. The Balaban J connectivity index is 2.14. The van der Waals surface area contributed by atoms with Crippen molar-refractivity contribution in [1.29, 1.82) is 0 Å². The topological polar surface area (TPSA) is 78.5 Å². The second kappa shape index (κ2) is 7.95. The molecule has 1 heterocycles. The summed E-state index contributed by atoms with van der Waals surface area (Å²) in [6, 6.07) is 7.64. The van der Waals surface area contributed by atoms with Gasteiger partial charge in [-0.25, -0.2) is 0 Å². The van der Waals surface area contributed by atoms with E-state index in [-0.39, 0.29) is 30.2 Å². The third-order valence-corrected chi connectivity index (χ3v) is 4.41. The van der Waals surface area contributed by atoms with Gasteiger partial charge in [0.15, 0.2) is 0 Å². The van der Waals surface area contributed by atoms with E-state index in [2.05, 4.69) is 10.6 Å². The zero-order valence-corrected chi connectivity index (χ0v) is 14.5. The second-order valence-electron chi connectivity index (χ2n) is 6.07. The first-order valence-corrected chi connectivity index (χ1v) is 8.32. The molecule has 0 unspecified atom stereocenters. The van der Waals surface area contributed by atoms with Crippen LogP contribution in [0.1, 0.15) is 37.4 Å². The van der Waals surface area contributed by atoms with Gasteiger partial charge in [0.1, 0.15) is 0 Å². The highest BCUT2D eigenvalue weighted by Crippen LogP contribution is 2.39. The molecule has 1 aliphatic rings. The minimum atomic E-state index is -0.407. The van der Waals surface area contributed by atoms with Crippen molar-refractivity contribution in [1.82, 2.24) is 15.5 Å². The van der Waals surface area contributed by atoms with E-state index in [0.29, 0.717) is 19.6 Å². The number of carbonyl (C=O) groups is 3. The first-order chi connectivity index (χ1) is 11.5. The molecule has 2 N–H and O–H groups in total. The maximum Gasteiger partial charge on any atom is 0.226 e. The van der Waals surface area contributed by atoms with Crippen LogP contribution in [0.3, 0.4) is 0 Å². The summed E-state index contributed by atoms with van der Waals surface area (Å²) in [5.74, 6) is -0.670. The molecule has 130 valence electrons. The van der Waals surface area contributed by atoms with Crippen LogP contribution in [0.4, 0.5) is 0 Å². The lowest BCUT2D eigenvalue weighted by Crippen LogP contribution is -2.39. The summed E-state index contributed by atoms with van der Waals surface area (Å²) < 4.78 is 0. The van der Waals surface area contributed by atoms with Crippen LogP contribution in [0, 0.1) is 12.8 Å². The zero-order valence-electron chi connectivity index (χ0n) is 14.5. The third-order valence-electron chi connectivity index (χ3n) is 4.41. The molecule has 24 heavy (non-hydrogen) atoms. The molecule has 0 spiro atoms. The number of carbonyl (C=O) groups excluding carboxylic acids is 3. The minimum absolute atomic E-state index is 0.00719. The normalized spacial score (nSPS) is 20.1. The predicted molar refractivity (Wildman–Crippen MR) is 91.1 cm³/mol. The Hall–Kier alpha value is -2.37. The summed E-state index contributed by atoms with van der Waals surface area (Å²) in [6.45, 7) is 6.68. The van der Waals surface area contributed by atoms with Gasteiger partial charge in [-0.1, -0.05) is 24.3 Å². The molecule has 0 aromatic heterocycles. The van der Waals surface area contributed by atoms with Crippen LogP contribution in [0.2, 0.25) is 0 Å². The van der Waals surface area contributed by atoms with E-state index in [9.17, 15) is 14.4 Å². The smallest absolute Gasteiger partial charge is 0.226 e. The molecule has 0 saturated carbocycles. The first kappa shape index (κ1) is 18.0. The molecule has 6 heteroatoms. The lowest BCUT2D eigenvalue weighted by Gasteiger charge is -2.28. The van der Waals surface area contributed by atoms with Gasteiger partial charge in [0, 0.05) is 33.0 Å². The van der Waals surface area contributed by atoms with Gasteiger partial charge in [-0.15, -0.1) is 0 Å². The van der Waals surface area contributed by atoms with Crippen LogP contribution >= 0.6 is 0 Å². The van der Waals surface area contributed by atoms with Gasteiger partial charge in [-0.05, 0) is 25.0 Å². The van der Waals surface area contributed by atoms with Crippen LogP contribution in [-0.4, -0.2) is 42.3 Å². The quantitative estimate of drug-likeness (QED) is 0.768. The molecular weight excluding hydrogens is 306 g/mol. The van der Waals surface area contributed by atoms with E-state index < -0.39 is 5.92 Å². The third kappa shape index (κ3) is 3.93. The number of rotatable bonds is 6. The largest absolute Gasteiger partial charge is 0.355 e. The number of benzene rings is 1. The average Bonchev–Trinajstić information content (AvgIpc) is 2.88. The van der Waals surface area contributed by atoms with Crippen molar-refractivity contribution in [3.8, 4) is 0 Å². The molecular formula is C18H25N3O3. The highest BCUT2D eigenvalue weighted by molar-refractivity contribution is 5.90. The fraction of sp³-hybridized carbons (Fsp3) is 0.500. The summed E-state index contributed by atoms with van der Waals surface area (Å²) in [5.41, 5.74) is 2.10. The van der Waals surface area contributed by atoms with Crippen molar-refractivity contribution < 1.29 is 14.4 Å². The van der Waals surface area contributed by atoms with Crippen LogP contribution in [0.5, 0.6) is 0 Å². The van der Waals surface area contributed by atoms with Gasteiger partial charge < -0.3 is 15.5 Å². The van der Waals surface area contributed by atoms with Crippen molar-refractivity contribution in [3.63, 3.8) is 0 Å². The molecule has 0 radical (unpaired) electrons. The first-order valence-electron chi connectivity index (χ1n) is 8.32. The monoisotopic (exact) mass is 331 g/mol. The van der Waals surface area contributed by atoms with Crippen LogP contribution in [-0.2, 0) is 14.4 Å². The molecule has 6 nitrogen and oxygen atoms in total. The van der Waals surface area contributed by atoms with Gasteiger partial charge in [-0.3, -0.25) is 14.4 Å². The summed E-state index contributed by atoms with van der Waals surface area (Å²) >= 11 is 0. The molecule has 0 aliphatic carbocycles. The van der Waals surface area contributed by atoms with Crippen molar-refractivity contribution in [3.05, 3.63) is 35.4 Å². The molecule has 3 amide bonds. The SMILES string of the molecule is CCN1C(=O)C[C@@H](C(=O)NCCNC(C)=O)[C@@H]1c1ccccc1C. The Morgan fingerprint density at radius 2 is 1.88 bits per heavy atom.